The van der Waals surface area contributed by atoms with Crippen LogP contribution in [-0.2, 0) is 16.0 Å². The Morgan fingerprint density at radius 1 is 1.03 bits per heavy atom. The molecule has 0 unspecified atom stereocenters. The topological polar surface area (TPSA) is 64.7 Å². The van der Waals surface area contributed by atoms with Gasteiger partial charge in [-0.2, -0.15) is 0 Å². The predicted molar refractivity (Wildman–Crippen MR) is 115 cm³/mol. The molecule has 2 heterocycles. The third-order valence-electron chi connectivity index (χ3n) is 5.96. The summed E-state index contributed by atoms with van der Waals surface area (Å²) in [5, 5.41) is 5.29. The van der Waals surface area contributed by atoms with E-state index in [-0.39, 0.29) is 6.04 Å². The van der Waals surface area contributed by atoms with Gasteiger partial charge < -0.3 is 15.5 Å². The number of amides is 2. The van der Waals surface area contributed by atoms with Crippen LogP contribution in [0, 0.1) is 5.82 Å². The molecule has 0 radical (unpaired) electrons. The largest absolute Gasteiger partial charge is 0.374 e. The van der Waals surface area contributed by atoms with Crippen LogP contribution < -0.4 is 15.5 Å². The van der Waals surface area contributed by atoms with Crippen LogP contribution >= 0.6 is 0 Å². The number of likely N-dealkylation sites (N-methyl/N-ethyl adjacent to an activating group) is 1. The van der Waals surface area contributed by atoms with E-state index in [9.17, 15) is 14.0 Å². The van der Waals surface area contributed by atoms with E-state index >= 15 is 0 Å². The smallest absolute Gasteiger partial charge is 0.313 e. The number of hydrogen-bond acceptors (Lipinski definition) is 4. The average Bonchev–Trinajstić information content (AvgIpc) is 3.40. The third kappa shape index (κ3) is 4.46. The number of fused-ring (bicyclic) bond motifs is 1. The summed E-state index contributed by atoms with van der Waals surface area (Å²) in [7, 11) is 2.10. The van der Waals surface area contributed by atoms with E-state index in [4.69, 9.17) is 0 Å². The van der Waals surface area contributed by atoms with Gasteiger partial charge in [0, 0.05) is 31.5 Å². The van der Waals surface area contributed by atoms with Crippen LogP contribution in [0.2, 0.25) is 0 Å². The van der Waals surface area contributed by atoms with Gasteiger partial charge in [0.05, 0.1) is 6.04 Å². The van der Waals surface area contributed by atoms with Gasteiger partial charge in [0.15, 0.2) is 0 Å². The molecule has 4 rings (SSSR count). The molecule has 1 atom stereocenters. The number of carbonyl (C=O) groups excluding carboxylic acids is 2. The zero-order valence-corrected chi connectivity index (χ0v) is 17.2. The Labute approximate surface area is 176 Å². The van der Waals surface area contributed by atoms with Crippen LogP contribution in [0.1, 0.15) is 30.0 Å². The molecule has 6 nitrogen and oxygen atoms in total. The van der Waals surface area contributed by atoms with E-state index in [1.165, 1.54) is 41.1 Å². The van der Waals surface area contributed by atoms with Crippen LogP contribution in [0.25, 0.3) is 0 Å². The normalized spacial score (nSPS) is 16.9. The Hall–Kier alpha value is -2.93. The van der Waals surface area contributed by atoms with Crippen molar-refractivity contribution in [3.8, 4) is 0 Å². The van der Waals surface area contributed by atoms with Crippen molar-refractivity contribution in [1.29, 1.82) is 0 Å². The number of hydrogen-bond donors (Lipinski definition) is 2. The van der Waals surface area contributed by atoms with E-state index in [0.717, 1.165) is 38.9 Å². The Balaban J connectivity index is 1.43. The molecular formula is C23H27FN4O2. The Morgan fingerprint density at radius 2 is 1.77 bits per heavy atom. The van der Waals surface area contributed by atoms with Gasteiger partial charge in [-0.05, 0) is 73.8 Å². The minimum Gasteiger partial charge on any atom is -0.374 e. The maximum absolute atomic E-state index is 13.0. The zero-order chi connectivity index (χ0) is 21.1. The molecule has 0 saturated carbocycles. The fourth-order valence-electron chi connectivity index (χ4n) is 4.30. The van der Waals surface area contributed by atoms with Crippen molar-refractivity contribution in [2.75, 3.05) is 43.4 Å². The van der Waals surface area contributed by atoms with Crippen molar-refractivity contribution in [2.24, 2.45) is 0 Å². The highest BCUT2D eigenvalue weighted by Crippen LogP contribution is 2.32. The van der Waals surface area contributed by atoms with Crippen LogP contribution in [0.4, 0.5) is 15.8 Å². The van der Waals surface area contributed by atoms with Crippen molar-refractivity contribution >= 4 is 23.2 Å². The summed E-state index contributed by atoms with van der Waals surface area (Å²) in [5.74, 6) is -1.84. The highest BCUT2D eigenvalue weighted by molar-refractivity contribution is 6.39. The summed E-state index contributed by atoms with van der Waals surface area (Å²) in [6.07, 6.45) is 3.31. The lowest BCUT2D eigenvalue weighted by atomic mass is 10.0. The molecule has 2 aromatic rings. The summed E-state index contributed by atoms with van der Waals surface area (Å²) in [5.41, 5.74) is 4.15. The van der Waals surface area contributed by atoms with Crippen LogP contribution in [0.15, 0.2) is 42.5 Å². The summed E-state index contributed by atoms with van der Waals surface area (Å²) in [4.78, 5) is 29.2. The highest BCUT2D eigenvalue weighted by atomic mass is 19.1. The Kier molecular flexibility index (Phi) is 5.99. The summed E-state index contributed by atoms with van der Waals surface area (Å²) >= 11 is 0. The Bertz CT molecular complexity index is 925. The second-order valence-electron chi connectivity index (χ2n) is 7.99. The van der Waals surface area contributed by atoms with Gasteiger partial charge >= 0.3 is 11.8 Å². The number of anilines is 2. The molecule has 2 aliphatic heterocycles. The number of halogens is 1. The molecule has 7 heteroatoms. The molecule has 2 aromatic carbocycles. The number of carbonyl (C=O) groups is 2. The van der Waals surface area contributed by atoms with Crippen molar-refractivity contribution in [3.05, 3.63) is 59.4 Å². The summed E-state index contributed by atoms with van der Waals surface area (Å²) < 4.78 is 13.0. The van der Waals surface area contributed by atoms with Crippen LogP contribution in [-0.4, -0.2) is 49.9 Å². The second kappa shape index (κ2) is 8.83. The Morgan fingerprint density at radius 3 is 2.50 bits per heavy atom. The predicted octanol–water partition coefficient (Wildman–Crippen LogP) is 2.71. The molecule has 0 spiro atoms. The van der Waals surface area contributed by atoms with Gasteiger partial charge in [-0.15, -0.1) is 0 Å². The van der Waals surface area contributed by atoms with Gasteiger partial charge in [0.25, 0.3) is 0 Å². The quantitative estimate of drug-likeness (QED) is 0.744. The number of rotatable bonds is 5. The molecule has 2 aliphatic rings. The van der Waals surface area contributed by atoms with Crippen molar-refractivity contribution < 1.29 is 14.0 Å². The first-order valence-electron chi connectivity index (χ1n) is 10.4. The first-order valence-corrected chi connectivity index (χ1v) is 10.4. The monoisotopic (exact) mass is 410 g/mol. The lowest BCUT2D eigenvalue weighted by Crippen LogP contribution is -2.41. The molecule has 0 bridgehead atoms. The van der Waals surface area contributed by atoms with E-state index in [2.05, 4.69) is 45.7 Å². The number of benzene rings is 2. The molecule has 2 amide bonds. The molecule has 0 aliphatic carbocycles. The molecule has 0 aromatic heterocycles. The lowest BCUT2D eigenvalue weighted by Gasteiger charge is -2.28. The molecule has 1 saturated heterocycles. The fourth-order valence-corrected chi connectivity index (χ4v) is 4.30. The molecule has 158 valence electrons. The number of nitrogens with zero attached hydrogens (tertiary/aromatic N) is 2. The van der Waals surface area contributed by atoms with Gasteiger partial charge in [-0.1, -0.05) is 12.1 Å². The maximum Gasteiger partial charge on any atom is 0.313 e. The lowest BCUT2D eigenvalue weighted by molar-refractivity contribution is -0.136. The first kappa shape index (κ1) is 20.3. The van der Waals surface area contributed by atoms with E-state index in [1.807, 2.05) is 0 Å². The molecular weight excluding hydrogens is 383 g/mol. The third-order valence-corrected chi connectivity index (χ3v) is 5.96. The minimum absolute atomic E-state index is 0.0336. The van der Waals surface area contributed by atoms with E-state index in [0.29, 0.717) is 12.2 Å². The average molecular weight is 410 g/mol. The summed E-state index contributed by atoms with van der Waals surface area (Å²) in [6.45, 7) is 3.36. The molecule has 30 heavy (non-hydrogen) atoms. The standard InChI is InChI=1S/C23H27FN4O2/c1-27-13-10-17-14-16(4-9-20(17)27)21(28-11-2-3-12-28)15-25-22(29)23(30)26-19-7-5-18(24)6-8-19/h4-9,14,21H,2-3,10-13,15H2,1H3,(H,25,29)(H,26,30)/t21-/m1/s1. The van der Waals surface area contributed by atoms with Crippen LogP contribution in [0.3, 0.4) is 0 Å². The van der Waals surface area contributed by atoms with E-state index in [1.54, 1.807) is 0 Å². The van der Waals surface area contributed by atoms with Crippen LogP contribution in [0.5, 0.6) is 0 Å². The van der Waals surface area contributed by atoms with Crippen molar-refractivity contribution in [2.45, 2.75) is 25.3 Å². The first-order chi connectivity index (χ1) is 14.5. The fraction of sp³-hybridized carbons (Fsp3) is 0.391. The van der Waals surface area contributed by atoms with Crippen molar-refractivity contribution in [3.63, 3.8) is 0 Å². The van der Waals surface area contributed by atoms with Gasteiger partial charge in [0.1, 0.15) is 5.82 Å². The maximum atomic E-state index is 13.0. The number of likely N-dealkylation sites (tertiary alicyclic amines) is 1. The number of nitrogens with one attached hydrogen (secondary N) is 2. The molecule has 1 fully saturated rings. The minimum atomic E-state index is -0.752. The van der Waals surface area contributed by atoms with Crippen molar-refractivity contribution in [1.82, 2.24) is 10.2 Å². The van der Waals surface area contributed by atoms with Gasteiger partial charge in [0.2, 0.25) is 0 Å². The summed E-state index contributed by atoms with van der Waals surface area (Å²) in [6, 6.07) is 11.9. The van der Waals surface area contributed by atoms with Gasteiger partial charge in [-0.3, -0.25) is 14.5 Å². The van der Waals surface area contributed by atoms with E-state index < -0.39 is 17.6 Å². The second-order valence-corrected chi connectivity index (χ2v) is 7.99. The molecule has 2 N–H and O–H groups in total. The highest BCUT2D eigenvalue weighted by Gasteiger charge is 2.27. The van der Waals surface area contributed by atoms with Gasteiger partial charge in [-0.25, -0.2) is 4.39 Å². The SMILES string of the molecule is CN1CCc2cc([C@@H](CNC(=O)C(=O)Nc3ccc(F)cc3)N3CCCC3)ccc21. The zero-order valence-electron chi connectivity index (χ0n) is 17.2.